The predicted molar refractivity (Wildman–Crippen MR) is 50.5 cm³/mol. The summed E-state index contributed by atoms with van der Waals surface area (Å²) >= 11 is 0. The Hall–Kier alpha value is -1.02. The van der Waals surface area contributed by atoms with Crippen LogP contribution in [0.3, 0.4) is 0 Å². The molecular formula is C11H14O2. The van der Waals surface area contributed by atoms with Crippen molar-refractivity contribution in [3.8, 4) is 5.75 Å². The first kappa shape index (κ1) is 8.57. The highest BCUT2D eigenvalue weighted by molar-refractivity contribution is 5.25. The molecule has 0 radical (unpaired) electrons. The lowest BCUT2D eigenvalue weighted by molar-refractivity contribution is -0.261. The molecule has 0 aromatic heterocycles. The highest BCUT2D eigenvalue weighted by atomic mass is 17.2. The second-order valence-electron chi connectivity index (χ2n) is 3.55. The van der Waals surface area contributed by atoms with Gasteiger partial charge in [-0.05, 0) is 38.3 Å². The van der Waals surface area contributed by atoms with Crippen molar-refractivity contribution in [2.75, 3.05) is 0 Å². The molecule has 1 aliphatic carbocycles. The van der Waals surface area contributed by atoms with Crippen molar-refractivity contribution in [3.05, 3.63) is 29.8 Å². The molecule has 1 aromatic carbocycles. The van der Waals surface area contributed by atoms with Gasteiger partial charge in [0.2, 0.25) is 0 Å². The summed E-state index contributed by atoms with van der Waals surface area (Å²) in [6.45, 7) is 2.05. The van der Waals surface area contributed by atoms with E-state index in [-0.39, 0.29) is 0 Å². The summed E-state index contributed by atoms with van der Waals surface area (Å²) in [7, 11) is 0. The third kappa shape index (κ3) is 2.22. The summed E-state index contributed by atoms with van der Waals surface area (Å²) in [4.78, 5) is 10.4. The van der Waals surface area contributed by atoms with E-state index in [0.29, 0.717) is 6.10 Å². The van der Waals surface area contributed by atoms with E-state index in [2.05, 4.69) is 6.92 Å². The minimum atomic E-state index is 0.321. The summed E-state index contributed by atoms with van der Waals surface area (Å²) in [6.07, 6.45) is 3.85. The average Bonchev–Trinajstić information content (AvgIpc) is 2.05. The first-order valence-corrected chi connectivity index (χ1v) is 4.74. The minimum Gasteiger partial charge on any atom is -0.337 e. The molecule has 0 saturated heterocycles. The largest absolute Gasteiger partial charge is 0.337 e. The molecule has 2 rings (SSSR count). The summed E-state index contributed by atoms with van der Waals surface area (Å²) in [5, 5.41) is 0. The van der Waals surface area contributed by atoms with E-state index in [9.17, 15) is 0 Å². The maximum absolute atomic E-state index is 5.20. The molecule has 0 heterocycles. The van der Waals surface area contributed by atoms with E-state index in [1.54, 1.807) is 0 Å². The Morgan fingerprint density at radius 2 is 1.85 bits per heavy atom. The molecule has 70 valence electrons. The van der Waals surface area contributed by atoms with E-state index in [1.807, 2.05) is 24.3 Å². The second kappa shape index (κ2) is 3.79. The topological polar surface area (TPSA) is 18.5 Å². The Kier molecular flexibility index (Phi) is 2.50. The van der Waals surface area contributed by atoms with Gasteiger partial charge in [-0.1, -0.05) is 17.7 Å². The molecule has 0 amide bonds. The lowest BCUT2D eigenvalue weighted by Crippen LogP contribution is -2.23. The van der Waals surface area contributed by atoms with Crippen LogP contribution in [0.2, 0.25) is 0 Å². The van der Waals surface area contributed by atoms with Crippen molar-refractivity contribution < 1.29 is 9.78 Å². The Bertz CT molecular complexity index is 262. The van der Waals surface area contributed by atoms with Gasteiger partial charge in [0, 0.05) is 0 Å². The Morgan fingerprint density at radius 3 is 2.38 bits per heavy atom. The number of benzene rings is 1. The van der Waals surface area contributed by atoms with Crippen LogP contribution in [0.1, 0.15) is 24.8 Å². The zero-order valence-corrected chi connectivity index (χ0v) is 7.82. The Morgan fingerprint density at radius 1 is 1.15 bits per heavy atom. The monoisotopic (exact) mass is 178 g/mol. The molecule has 1 aromatic rings. The summed E-state index contributed by atoms with van der Waals surface area (Å²) in [5.41, 5.74) is 1.23. The molecule has 0 spiro atoms. The molecule has 1 saturated carbocycles. The maximum atomic E-state index is 5.20. The van der Waals surface area contributed by atoms with E-state index in [1.165, 1.54) is 12.0 Å². The minimum absolute atomic E-state index is 0.321. The van der Waals surface area contributed by atoms with Crippen LogP contribution in [0.15, 0.2) is 24.3 Å². The van der Waals surface area contributed by atoms with Gasteiger partial charge >= 0.3 is 0 Å². The van der Waals surface area contributed by atoms with Crippen LogP contribution in [-0.2, 0) is 4.89 Å². The van der Waals surface area contributed by atoms with Crippen molar-refractivity contribution >= 4 is 0 Å². The number of aryl methyl sites for hydroxylation is 1. The van der Waals surface area contributed by atoms with Crippen LogP contribution in [0.25, 0.3) is 0 Å². The quantitative estimate of drug-likeness (QED) is 0.523. The molecule has 2 nitrogen and oxygen atoms in total. The van der Waals surface area contributed by atoms with E-state index < -0.39 is 0 Å². The normalized spacial score (nSPS) is 16.7. The number of hydrogen-bond acceptors (Lipinski definition) is 2. The fourth-order valence-corrected chi connectivity index (χ4v) is 1.18. The van der Waals surface area contributed by atoms with Crippen LogP contribution in [0.4, 0.5) is 0 Å². The highest BCUT2D eigenvalue weighted by Gasteiger charge is 2.19. The predicted octanol–water partition coefficient (Wildman–Crippen LogP) is 2.86. The van der Waals surface area contributed by atoms with Gasteiger partial charge < -0.3 is 4.89 Å². The zero-order valence-electron chi connectivity index (χ0n) is 7.82. The van der Waals surface area contributed by atoms with Crippen LogP contribution >= 0.6 is 0 Å². The van der Waals surface area contributed by atoms with E-state index >= 15 is 0 Å². The molecule has 1 fully saturated rings. The fraction of sp³-hybridized carbons (Fsp3) is 0.455. The van der Waals surface area contributed by atoms with Gasteiger partial charge in [0.15, 0.2) is 5.75 Å². The molecule has 0 N–H and O–H groups in total. The maximum Gasteiger partial charge on any atom is 0.165 e. The highest BCUT2D eigenvalue weighted by Crippen LogP contribution is 2.23. The average molecular weight is 178 g/mol. The molecular weight excluding hydrogens is 164 g/mol. The second-order valence-corrected chi connectivity index (χ2v) is 3.55. The van der Waals surface area contributed by atoms with Gasteiger partial charge in [0.25, 0.3) is 0 Å². The van der Waals surface area contributed by atoms with Crippen molar-refractivity contribution in [2.24, 2.45) is 0 Å². The summed E-state index contributed by atoms with van der Waals surface area (Å²) in [6, 6.07) is 7.88. The van der Waals surface area contributed by atoms with Crippen LogP contribution in [-0.4, -0.2) is 6.10 Å². The standard InChI is InChI=1S/C11H14O2/c1-9-5-7-11(8-6-9)13-12-10-3-2-4-10/h5-8,10H,2-4H2,1H3. The van der Waals surface area contributed by atoms with Gasteiger partial charge in [-0.3, -0.25) is 0 Å². The molecule has 0 unspecified atom stereocenters. The van der Waals surface area contributed by atoms with Gasteiger partial charge in [-0.25, -0.2) is 0 Å². The zero-order chi connectivity index (χ0) is 9.10. The van der Waals surface area contributed by atoms with E-state index in [0.717, 1.165) is 18.6 Å². The smallest absolute Gasteiger partial charge is 0.165 e. The van der Waals surface area contributed by atoms with Crippen molar-refractivity contribution in [1.82, 2.24) is 0 Å². The van der Waals surface area contributed by atoms with Crippen LogP contribution in [0, 0.1) is 6.92 Å². The molecule has 0 bridgehead atoms. The summed E-state index contributed by atoms with van der Waals surface area (Å²) in [5.74, 6) is 0.789. The Labute approximate surface area is 78.4 Å². The van der Waals surface area contributed by atoms with Gasteiger partial charge in [0.05, 0.1) is 0 Å². The number of hydrogen-bond donors (Lipinski definition) is 0. The van der Waals surface area contributed by atoms with Crippen LogP contribution < -0.4 is 4.89 Å². The van der Waals surface area contributed by atoms with E-state index in [4.69, 9.17) is 9.78 Å². The van der Waals surface area contributed by atoms with Crippen molar-refractivity contribution in [2.45, 2.75) is 32.3 Å². The molecule has 2 heteroatoms. The van der Waals surface area contributed by atoms with Gasteiger partial charge in [0.1, 0.15) is 6.10 Å². The number of rotatable bonds is 3. The third-order valence-electron chi connectivity index (χ3n) is 2.35. The first-order chi connectivity index (χ1) is 6.34. The molecule has 1 aliphatic rings. The van der Waals surface area contributed by atoms with Crippen molar-refractivity contribution in [1.29, 1.82) is 0 Å². The summed E-state index contributed by atoms with van der Waals surface area (Å²) < 4.78 is 0. The molecule has 13 heavy (non-hydrogen) atoms. The third-order valence-corrected chi connectivity index (χ3v) is 2.35. The first-order valence-electron chi connectivity index (χ1n) is 4.74. The van der Waals surface area contributed by atoms with Crippen LogP contribution in [0.5, 0.6) is 5.75 Å². The Balaban J connectivity index is 1.83. The van der Waals surface area contributed by atoms with Gasteiger partial charge in [-0.2, -0.15) is 4.89 Å². The molecule has 0 atom stereocenters. The van der Waals surface area contributed by atoms with Gasteiger partial charge in [-0.15, -0.1) is 0 Å². The lowest BCUT2D eigenvalue weighted by Gasteiger charge is -2.23. The fourth-order valence-electron chi connectivity index (χ4n) is 1.18. The van der Waals surface area contributed by atoms with Crippen molar-refractivity contribution in [3.63, 3.8) is 0 Å². The lowest BCUT2D eigenvalue weighted by atomic mass is 9.97. The molecule has 0 aliphatic heterocycles. The SMILES string of the molecule is Cc1ccc(OOC2CCC2)cc1.